The molecule has 0 radical (unpaired) electrons. The van der Waals surface area contributed by atoms with Crippen LogP contribution in [0, 0.1) is 0 Å². The quantitative estimate of drug-likeness (QED) is 0.0261. The smallest absolute Gasteiger partial charge is 0.220 e. The van der Waals surface area contributed by atoms with Crippen LogP contribution < -0.4 is 5.32 Å². The van der Waals surface area contributed by atoms with E-state index in [9.17, 15) is 30.3 Å². The van der Waals surface area contributed by atoms with Gasteiger partial charge in [0.1, 0.15) is 24.4 Å². The molecule has 1 fully saturated rings. The highest BCUT2D eigenvalue weighted by atomic mass is 16.7. The summed E-state index contributed by atoms with van der Waals surface area (Å²) in [4.78, 5) is 13.1. The lowest BCUT2D eigenvalue weighted by Gasteiger charge is -2.40. The van der Waals surface area contributed by atoms with Crippen LogP contribution in [0.5, 0.6) is 0 Å². The van der Waals surface area contributed by atoms with E-state index in [1.165, 1.54) is 148 Å². The zero-order valence-electron chi connectivity index (χ0n) is 51.7. The zero-order chi connectivity index (χ0) is 58.6. The maximum Gasteiger partial charge on any atom is 0.220 e. The van der Waals surface area contributed by atoms with Crippen LogP contribution in [0.4, 0.5) is 0 Å². The fourth-order valence-corrected chi connectivity index (χ4v) is 9.82. The first-order valence-corrected chi connectivity index (χ1v) is 33.3. The number of amides is 1. The Kier molecular flexibility index (Phi) is 55.8. The Balaban J connectivity index is 2.22. The highest BCUT2D eigenvalue weighted by Gasteiger charge is 2.44. The van der Waals surface area contributed by atoms with Crippen LogP contribution in [0.3, 0.4) is 0 Å². The average molecular weight is 1130 g/mol. The van der Waals surface area contributed by atoms with Gasteiger partial charge in [-0.05, 0) is 103 Å². The van der Waals surface area contributed by atoms with Gasteiger partial charge in [0.2, 0.25) is 5.91 Å². The largest absolute Gasteiger partial charge is 0.394 e. The number of hydrogen-bond acceptors (Lipinski definition) is 8. The van der Waals surface area contributed by atoms with Crippen LogP contribution in [-0.2, 0) is 14.3 Å². The number of nitrogens with one attached hydrogen (secondary N) is 1. The Bertz CT molecular complexity index is 1690. The van der Waals surface area contributed by atoms with Gasteiger partial charge in [-0.3, -0.25) is 4.79 Å². The van der Waals surface area contributed by atoms with Crippen LogP contribution in [0.25, 0.3) is 0 Å². The summed E-state index contributed by atoms with van der Waals surface area (Å²) >= 11 is 0. The summed E-state index contributed by atoms with van der Waals surface area (Å²) in [5.74, 6) is -0.200. The van der Waals surface area contributed by atoms with E-state index in [0.717, 1.165) is 103 Å². The van der Waals surface area contributed by atoms with Crippen molar-refractivity contribution >= 4 is 5.91 Å². The number of aliphatic hydroxyl groups is 5. The molecule has 1 aliphatic rings. The highest BCUT2D eigenvalue weighted by molar-refractivity contribution is 5.76. The number of carbonyl (C=O) groups is 1. The van der Waals surface area contributed by atoms with Gasteiger partial charge in [-0.1, -0.05) is 283 Å². The lowest BCUT2D eigenvalue weighted by molar-refractivity contribution is -0.302. The molecule has 0 saturated carbocycles. The maximum absolute atomic E-state index is 13.1. The van der Waals surface area contributed by atoms with E-state index in [1.807, 2.05) is 6.08 Å². The van der Waals surface area contributed by atoms with E-state index in [1.54, 1.807) is 6.08 Å². The number of unbranched alkanes of at least 4 members (excludes halogenated alkanes) is 28. The minimum atomic E-state index is -1.58. The maximum atomic E-state index is 13.1. The summed E-state index contributed by atoms with van der Waals surface area (Å²) in [7, 11) is 0. The molecule has 0 bridgehead atoms. The minimum Gasteiger partial charge on any atom is -0.394 e. The number of aliphatic hydroxyl groups excluding tert-OH is 5. The molecule has 7 atom stereocenters. The number of allylic oxidation sites excluding steroid dienone is 19. The predicted molar refractivity (Wildman–Crippen MR) is 345 cm³/mol. The lowest BCUT2D eigenvalue weighted by atomic mass is 9.99. The van der Waals surface area contributed by atoms with E-state index in [0.29, 0.717) is 6.42 Å². The molecule has 1 aliphatic heterocycles. The lowest BCUT2D eigenvalue weighted by Crippen LogP contribution is -2.60. The number of ether oxygens (including phenoxy) is 2. The molecule has 0 aromatic rings. The third kappa shape index (κ3) is 48.6. The standard InChI is InChI=1S/C72H123NO8/c1-3-5-7-9-11-13-15-17-19-21-23-25-27-29-31-32-33-34-36-38-40-42-44-46-48-50-52-54-56-58-60-62-68(76)73-65(64-80-72-71(79)70(78)69(77)67(63-74)81-72)66(75)61-59-57-55-53-51-49-47-45-43-41-39-37-35-30-28-26-24-22-20-18-16-14-12-10-8-6-4-2/h5,7,11,13,17,19,23,25,29,31,33-34,38,40,43,45,51,53,59,61,65-67,69-72,74-75,77-79H,3-4,6,8-10,12,14-16,18,20-22,24,26-28,30,32,35-37,39,41-42,44,46-50,52,54-58,60,62-64H2,1-2H3,(H,73,76)/b7-5-,13-11-,19-17-,25-23-,31-29-,34-33-,40-38-,45-43+,53-51+,61-59+. The van der Waals surface area contributed by atoms with Crippen LogP contribution in [-0.4, -0.2) is 87.5 Å². The Labute approximate surface area is 497 Å². The molecule has 0 aromatic heterocycles. The van der Waals surface area contributed by atoms with Crippen molar-refractivity contribution in [3.05, 3.63) is 122 Å². The molecule has 81 heavy (non-hydrogen) atoms. The van der Waals surface area contributed by atoms with Crippen molar-refractivity contribution in [3.63, 3.8) is 0 Å². The van der Waals surface area contributed by atoms with Crippen molar-refractivity contribution in [2.45, 2.75) is 314 Å². The fraction of sp³-hybridized carbons (Fsp3) is 0.708. The molecule has 7 unspecified atom stereocenters. The summed E-state index contributed by atoms with van der Waals surface area (Å²) in [5, 5.41) is 54.7. The Morgan fingerprint density at radius 2 is 0.778 bits per heavy atom. The van der Waals surface area contributed by atoms with Gasteiger partial charge >= 0.3 is 0 Å². The van der Waals surface area contributed by atoms with Gasteiger partial charge in [0, 0.05) is 6.42 Å². The summed E-state index contributed by atoms with van der Waals surface area (Å²) in [6.07, 6.45) is 82.8. The second kappa shape index (κ2) is 59.7. The molecule has 6 N–H and O–H groups in total. The molecule has 0 spiro atoms. The van der Waals surface area contributed by atoms with Crippen LogP contribution in [0.15, 0.2) is 122 Å². The minimum absolute atomic E-state index is 0.200. The topological polar surface area (TPSA) is 149 Å². The Hall–Kier alpha value is -3.41. The second-order valence-electron chi connectivity index (χ2n) is 22.5. The number of rotatable bonds is 56. The molecular weight excluding hydrogens is 1010 g/mol. The van der Waals surface area contributed by atoms with Crippen molar-refractivity contribution in [2.75, 3.05) is 13.2 Å². The third-order valence-electron chi connectivity index (χ3n) is 15.0. The van der Waals surface area contributed by atoms with Crippen molar-refractivity contribution in [1.29, 1.82) is 0 Å². The normalized spacial score (nSPS) is 19.2. The molecule has 0 aromatic carbocycles. The summed E-state index contributed by atoms with van der Waals surface area (Å²) < 4.78 is 11.3. The van der Waals surface area contributed by atoms with E-state index >= 15 is 0 Å². The molecule has 1 rings (SSSR count). The van der Waals surface area contributed by atoms with Gasteiger partial charge < -0.3 is 40.3 Å². The van der Waals surface area contributed by atoms with Crippen molar-refractivity contribution in [3.8, 4) is 0 Å². The summed E-state index contributed by atoms with van der Waals surface area (Å²) in [6, 6.07) is -0.842. The monoisotopic (exact) mass is 1130 g/mol. The molecule has 1 heterocycles. The number of carbonyl (C=O) groups excluding carboxylic acids is 1. The zero-order valence-corrected chi connectivity index (χ0v) is 51.7. The number of hydrogen-bond donors (Lipinski definition) is 6. The second-order valence-corrected chi connectivity index (χ2v) is 22.5. The van der Waals surface area contributed by atoms with Crippen molar-refractivity contribution in [1.82, 2.24) is 5.32 Å². The summed E-state index contributed by atoms with van der Waals surface area (Å²) in [6.45, 7) is 3.65. The molecule has 1 saturated heterocycles. The average Bonchev–Trinajstić information content (AvgIpc) is 3.47. The molecular formula is C72H123NO8. The third-order valence-corrected chi connectivity index (χ3v) is 15.0. The van der Waals surface area contributed by atoms with E-state index in [2.05, 4.69) is 129 Å². The van der Waals surface area contributed by atoms with Gasteiger partial charge in [0.15, 0.2) is 6.29 Å². The molecule has 464 valence electrons. The Morgan fingerprint density at radius 3 is 1.19 bits per heavy atom. The van der Waals surface area contributed by atoms with Crippen molar-refractivity contribution < 1.29 is 39.8 Å². The molecule has 9 nitrogen and oxygen atoms in total. The highest BCUT2D eigenvalue weighted by Crippen LogP contribution is 2.23. The van der Waals surface area contributed by atoms with Crippen LogP contribution in [0.2, 0.25) is 0 Å². The van der Waals surface area contributed by atoms with Gasteiger partial charge in [0.05, 0.1) is 25.4 Å². The van der Waals surface area contributed by atoms with Gasteiger partial charge in [-0.25, -0.2) is 0 Å². The fourth-order valence-electron chi connectivity index (χ4n) is 9.82. The van der Waals surface area contributed by atoms with Gasteiger partial charge in [-0.15, -0.1) is 0 Å². The first-order valence-electron chi connectivity index (χ1n) is 33.3. The van der Waals surface area contributed by atoms with E-state index < -0.39 is 49.5 Å². The first kappa shape index (κ1) is 75.6. The van der Waals surface area contributed by atoms with Crippen LogP contribution >= 0.6 is 0 Å². The summed E-state index contributed by atoms with van der Waals surface area (Å²) in [5.41, 5.74) is 0. The van der Waals surface area contributed by atoms with Crippen LogP contribution in [0.1, 0.15) is 271 Å². The predicted octanol–water partition coefficient (Wildman–Crippen LogP) is 17.9. The van der Waals surface area contributed by atoms with Gasteiger partial charge in [-0.2, -0.15) is 0 Å². The Morgan fingerprint density at radius 1 is 0.432 bits per heavy atom. The van der Waals surface area contributed by atoms with Crippen molar-refractivity contribution in [2.24, 2.45) is 0 Å². The molecule has 1 amide bonds. The first-order chi connectivity index (χ1) is 39.8. The molecule has 9 heteroatoms. The molecule has 0 aliphatic carbocycles. The van der Waals surface area contributed by atoms with Gasteiger partial charge in [0.25, 0.3) is 0 Å². The SMILES string of the molecule is CC/C=C\C/C=C\C/C=C\C/C=C\C/C=C\C/C=C\C/C=C\CCCCCCCCCCCC(=O)NC(COC1OC(CO)C(O)C(O)C1O)C(O)/C=C/CC/C=C/CC/C=C/CCCCCCCCCCCCCCCCCCC. The van der Waals surface area contributed by atoms with E-state index in [4.69, 9.17) is 9.47 Å². The van der Waals surface area contributed by atoms with E-state index in [-0.39, 0.29) is 12.5 Å².